The largest absolute Gasteiger partial charge is 0.451 e. The van der Waals surface area contributed by atoms with Crippen molar-refractivity contribution in [3.63, 3.8) is 0 Å². The molecule has 0 aromatic rings. The normalized spacial score (nSPS) is 39.9. The highest BCUT2D eigenvalue weighted by Gasteiger charge is 2.50. The van der Waals surface area contributed by atoms with Crippen LogP contribution in [0, 0.1) is 17.8 Å². The molecule has 3 aliphatic rings. The number of nitrogens with one attached hydrogen (secondary N) is 1. The fraction of sp³-hybridized carbons (Fsp3) is 0.800. The van der Waals surface area contributed by atoms with E-state index < -0.39 is 5.60 Å². The van der Waals surface area contributed by atoms with Gasteiger partial charge in [0, 0.05) is 11.6 Å². The second-order valence-electron chi connectivity index (χ2n) is 8.41. The van der Waals surface area contributed by atoms with Crippen LogP contribution in [-0.4, -0.2) is 23.5 Å². The summed E-state index contributed by atoms with van der Waals surface area (Å²) in [5, 5.41) is 3.25. The Morgan fingerprint density at radius 3 is 2.46 bits per heavy atom. The molecule has 2 saturated carbocycles. The van der Waals surface area contributed by atoms with Crippen molar-refractivity contribution in [2.45, 2.75) is 84.3 Å². The van der Waals surface area contributed by atoms with Crippen LogP contribution in [0.25, 0.3) is 0 Å². The summed E-state index contributed by atoms with van der Waals surface area (Å²) in [6.45, 7) is 8.46. The first-order chi connectivity index (χ1) is 11.3. The van der Waals surface area contributed by atoms with Gasteiger partial charge in [0.1, 0.15) is 5.60 Å². The molecule has 1 spiro atoms. The number of carbonyl (C=O) groups excluding carboxylic acids is 2. The lowest BCUT2D eigenvalue weighted by atomic mass is 9.74. The fourth-order valence-electron chi connectivity index (χ4n) is 4.73. The van der Waals surface area contributed by atoms with Crippen LogP contribution in [0.5, 0.6) is 0 Å². The standard InChI is InChI=1S/C20H31NO3/c1-12-8-10-20(11-9-12)17(15(4)19(23)24-20)18(22)21-16-7-5-6-13(2)14(16)3/h12-14,16H,5-11H2,1-4H3,(H,21,22). The van der Waals surface area contributed by atoms with Crippen LogP contribution in [0.15, 0.2) is 11.1 Å². The number of hydrogen-bond acceptors (Lipinski definition) is 3. The first kappa shape index (κ1) is 17.5. The van der Waals surface area contributed by atoms with Crippen molar-refractivity contribution < 1.29 is 14.3 Å². The van der Waals surface area contributed by atoms with Crippen molar-refractivity contribution >= 4 is 11.9 Å². The van der Waals surface area contributed by atoms with Gasteiger partial charge in [-0.05, 0) is 56.8 Å². The molecule has 0 radical (unpaired) electrons. The molecular formula is C20H31NO3. The first-order valence-corrected chi connectivity index (χ1v) is 9.59. The third-order valence-corrected chi connectivity index (χ3v) is 6.76. The molecule has 0 aromatic carbocycles. The van der Waals surface area contributed by atoms with E-state index in [9.17, 15) is 9.59 Å². The third kappa shape index (κ3) is 3.00. The van der Waals surface area contributed by atoms with E-state index in [-0.39, 0.29) is 17.9 Å². The Morgan fingerprint density at radius 2 is 1.79 bits per heavy atom. The van der Waals surface area contributed by atoms with E-state index in [1.165, 1.54) is 6.42 Å². The lowest BCUT2D eigenvalue weighted by Crippen LogP contribution is -2.48. The predicted molar refractivity (Wildman–Crippen MR) is 93.3 cm³/mol. The molecule has 0 aromatic heterocycles. The van der Waals surface area contributed by atoms with Gasteiger partial charge in [-0.3, -0.25) is 4.79 Å². The van der Waals surface area contributed by atoms with Gasteiger partial charge in [-0.15, -0.1) is 0 Å². The maximum Gasteiger partial charge on any atom is 0.335 e. The first-order valence-electron chi connectivity index (χ1n) is 9.59. The summed E-state index contributed by atoms with van der Waals surface area (Å²) in [6.07, 6.45) is 6.99. The number of carbonyl (C=O) groups is 2. The van der Waals surface area contributed by atoms with E-state index in [0.717, 1.165) is 38.5 Å². The fourth-order valence-corrected chi connectivity index (χ4v) is 4.73. The number of hydrogen-bond donors (Lipinski definition) is 1. The van der Waals surface area contributed by atoms with Crippen LogP contribution in [0.1, 0.15) is 72.6 Å². The Kier molecular flexibility index (Phi) is 4.76. The van der Waals surface area contributed by atoms with Gasteiger partial charge in [-0.25, -0.2) is 4.79 Å². The van der Waals surface area contributed by atoms with E-state index in [4.69, 9.17) is 4.74 Å². The highest BCUT2D eigenvalue weighted by atomic mass is 16.6. The van der Waals surface area contributed by atoms with E-state index in [0.29, 0.717) is 28.9 Å². The Morgan fingerprint density at radius 1 is 1.12 bits per heavy atom. The maximum atomic E-state index is 13.1. The molecule has 1 N–H and O–H groups in total. The highest BCUT2D eigenvalue weighted by Crippen LogP contribution is 2.45. The molecular weight excluding hydrogens is 302 g/mol. The molecule has 2 aliphatic carbocycles. The van der Waals surface area contributed by atoms with Crippen molar-refractivity contribution in [1.29, 1.82) is 0 Å². The molecule has 3 atom stereocenters. The van der Waals surface area contributed by atoms with Crippen molar-refractivity contribution in [3.8, 4) is 0 Å². The Labute approximate surface area is 145 Å². The zero-order chi connectivity index (χ0) is 17.5. The minimum atomic E-state index is -0.665. The SMILES string of the molecule is CC1=C(C(=O)NC2CCCC(C)C2C)C2(CCC(C)CC2)OC1=O. The van der Waals surface area contributed by atoms with Gasteiger partial charge in [-0.1, -0.05) is 33.6 Å². The molecule has 0 saturated heterocycles. The molecule has 3 unspecified atom stereocenters. The second kappa shape index (κ2) is 6.53. The van der Waals surface area contributed by atoms with Gasteiger partial charge in [-0.2, -0.15) is 0 Å². The molecule has 3 rings (SSSR count). The minimum Gasteiger partial charge on any atom is -0.451 e. The Balaban J connectivity index is 1.80. The zero-order valence-corrected chi connectivity index (χ0v) is 15.5. The van der Waals surface area contributed by atoms with E-state index >= 15 is 0 Å². The van der Waals surface area contributed by atoms with Gasteiger partial charge in [0.2, 0.25) is 0 Å². The minimum absolute atomic E-state index is 0.0705. The van der Waals surface area contributed by atoms with Crippen LogP contribution >= 0.6 is 0 Å². The van der Waals surface area contributed by atoms with Gasteiger partial charge in [0.25, 0.3) is 5.91 Å². The van der Waals surface area contributed by atoms with Crippen molar-refractivity contribution in [2.24, 2.45) is 17.8 Å². The summed E-state index contributed by atoms with van der Waals surface area (Å²) in [7, 11) is 0. The van der Waals surface area contributed by atoms with Crippen molar-refractivity contribution in [2.75, 3.05) is 0 Å². The lowest BCUT2D eigenvalue weighted by molar-refractivity contribution is -0.150. The van der Waals surface area contributed by atoms with Gasteiger partial charge in [0.05, 0.1) is 5.57 Å². The van der Waals surface area contributed by atoms with Crippen LogP contribution in [0.2, 0.25) is 0 Å². The quantitative estimate of drug-likeness (QED) is 0.783. The summed E-state index contributed by atoms with van der Waals surface area (Å²) in [6, 6.07) is 0.205. The molecule has 2 fully saturated rings. The van der Waals surface area contributed by atoms with Gasteiger partial charge >= 0.3 is 5.97 Å². The smallest absolute Gasteiger partial charge is 0.335 e. The number of amides is 1. The van der Waals surface area contributed by atoms with E-state index in [1.54, 1.807) is 6.92 Å². The molecule has 1 heterocycles. The average Bonchev–Trinajstić information content (AvgIpc) is 2.78. The molecule has 134 valence electrons. The number of rotatable bonds is 2. The molecule has 24 heavy (non-hydrogen) atoms. The number of ether oxygens (including phenoxy) is 1. The molecule has 4 heteroatoms. The second-order valence-corrected chi connectivity index (χ2v) is 8.41. The zero-order valence-electron chi connectivity index (χ0n) is 15.5. The molecule has 0 bridgehead atoms. The van der Waals surface area contributed by atoms with Crippen LogP contribution in [0.4, 0.5) is 0 Å². The number of esters is 1. The summed E-state index contributed by atoms with van der Waals surface area (Å²) < 4.78 is 5.75. The van der Waals surface area contributed by atoms with Crippen molar-refractivity contribution in [1.82, 2.24) is 5.32 Å². The van der Waals surface area contributed by atoms with E-state index in [1.807, 2.05) is 0 Å². The van der Waals surface area contributed by atoms with Crippen molar-refractivity contribution in [3.05, 3.63) is 11.1 Å². The Hall–Kier alpha value is -1.32. The topological polar surface area (TPSA) is 55.4 Å². The lowest BCUT2D eigenvalue weighted by Gasteiger charge is -2.38. The summed E-state index contributed by atoms with van der Waals surface area (Å²) >= 11 is 0. The van der Waals surface area contributed by atoms with Gasteiger partial charge < -0.3 is 10.1 Å². The average molecular weight is 333 g/mol. The predicted octanol–water partition coefficient (Wildman–Crippen LogP) is 3.75. The van der Waals surface area contributed by atoms with Crippen LogP contribution < -0.4 is 5.32 Å². The third-order valence-electron chi connectivity index (χ3n) is 6.76. The monoisotopic (exact) mass is 333 g/mol. The molecule has 4 nitrogen and oxygen atoms in total. The van der Waals surface area contributed by atoms with Crippen LogP contribution in [-0.2, 0) is 14.3 Å². The maximum absolute atomic E-state index is 13.1. The summed E-state index contributed by atoms with van der Waals surface area (Å²) in [4.78, 5) is 25.3. The van der Waals surface area contributed by atoms with E-state index in [2.05, 4.69) is 26.1 Å². The van der Waals surface area contributed by atoms with Crippen LogP contribution in [0.3, 0.4) is 0 Å². The summed E-state index contributed by atoms with van der Waals surface area (Å²) in [5.41, 5.74) is 0.463. The Bertz CT molecular complexity index is 557. The molecule has 1 amide bonds. The highest BCUT2D eigenvalue weighted by molar-refractivity contribution is 6.07. The molecule has 1 aliphatic heterocycles. The summed E-state index contributed by atoms with van der Waals surface area (Å²) in [5.74, 6) is 1.37. The van der Waals surface area contributed by atoms with Gasteiger partial charge in [0.15, 0.2) is 0 Å².